The summed E-state index contributed by atoms with van der Waals surface area (Å²) in [5, 5.41) is 22.4. The largest absolute Gasteiger partial charge is 0.356 e. The monoisotopic (exact) mass is 329 g/mol. The van der Waals surface area contributed by atoms with Gasteiger partial charge in [0.2, 0.25) is 0 Å². The minimum absolute atomic E-state index is 0.0117. The lowest BCUT2D eigenvalue weighted by molar-refractivity contribution is -0.393. The van der Waals surface area contributed by atoms with Gasteiger partial charge in [-0.3, -0.25) is 20.2 Å². The van der Waals surface area contributed by atoms with Crippen LogP contribution in [-0.2, 0) is 0 Å². The number of nitro groups is 2. The molecular weight excluding hydrogens is 310 g/mol. The highest BCUT2D eigenvalue weighted by Gasteiger charge is 2.32. The summed E-state index contributed by atoms with van der Waals surface area (Å²) in [4.78, 5) is 23.1. The molecule has 0 aromatic heterocycles. The van der Waals surface area contributed by atoms with E-state index >= 15 is 0 Å². The maximum absolute atomic E-state index is 11.5. The molecule has 2 unspecified atom stereocenters. The lowest BCUT2D eigenvalue weighted by Crippen LogP contribution is -2.44. The van der Waals surface area contributed by atoms with E-state index in [-0.39, 0.29) is 23.5 Å². The second kappa shape index (κ2) is 7.54. The van der Waals surface area contributed by atoms with Crippen LogP contribution >= 0.6 is 0 Å². The van der Waals surface area contributed by atoms with Gasteiger partial charge in [0, 0.05) is 12.1 Å². The molecule has 7 heteroatoms. The van der Waals surface area contributed by atoms with E-state index in [0.29, 0.717) is 18.5 Å². The third-order valence-electron chi connectivity index (χ3n) is 4.01. The van der Waals surface area contributed by atoms with E-state index in [4.69, 9.17) is 0 Å². The average Bonchev–Trinajstić information content (AvgIpc) is 2.55. The van der Waals surface area contributed by atoms with Crippen molar-refractivity contribution < 1.29 is 9.85 Å². The van der Waals surface area contributed by atoms with Crippen molar-refractivity contribution in [2.75, 3.05) is 4.90 Å². The Hall–Kier alpha value is -2.96. The highest BCUT2D eigenvalue weighted by molar-refractivity contribution is 5.68. The lowest BCUT2D eigenvalue weighted by Gasteiger charge is -2.40. The minimum Gasteiger partial charge on any atom is -0.356 e. The fourth-order valence-corrected chi connectivity index (χ4v) is 3.00. The number of non-ortho nitro benzene ring substituents is 1. The number of nitro benzene ring substituents is 2. The van der Waals surface area contributed by atoms with Crippen molar-refractivity contribution in [3.63, 3.8) is 0 Å². The molecular formula is C17H19N3O4. The summed E-state index contributed by atoms with van der Waals surface area (Å²) in [7, 11) is 0. The minimum atomic E-state index is -0.630. The van der Waals surface area contributed by atoms with Crippen LogP contribution in [0.3, 0.4) is 0 Å². The average molecular weight is 329 g/mol. The van der Waals surface area contributed by atoms with Crippen LogP contribution < -0.4 is 4.90 Å². The van der Waals surface area contributed by atoms with Crippen LogP contribution in [0.15, 0.2) is 55.7 Å². The summed E-state index contributed by atoms with van der Waals surface area (Å²) in [6.45, 7) is 7.50. The molecule has 1 aromatic carbocycles. The number of nitrogens with zero attached hydrogens (tertiary/aromatic N) is 3. The third-order valence-corrected chi connectivity index (χ3v) is 4.01. The summed E-state index contributed by atoms with van der Waals surface area (Å²) in [5.41, 5.74) is -0.171. The number of hydrogen-bond donors (Lipinski definition) is 0. The maximum atomic E-state index is 11.5. The van der Waals surface area contributed by atoms with E-state index in [1.165, 1.54) is 12.1 Å². The molecule has 7 nitrogen and oxygen atoms in total. The second-order valence-electron chi connectivity index (χ2n) is 5.53. The zero-order valence-corrected chi connectivity index (χ0v) is 13.2. The van der Waals surface area contributed by atoms with E-state index in [2.05, 4.69) is 19.2 Å². The van der Waals surface area contributed by atoms with Gasteiger partial charge in [0.05, 0.1) is 22.0 Å². The molecule has 0 saturated carbocycles. The highest BCUT2D eigenvalue weighted by atomic mass is 16.6. The fraction of sp³-hybridized carbons (Fsp3) is 0.294. The van der Waals surface area contributed by atoms with Gasteiger partial charge in [0.1, 0.15) is 5.69 Å². The Kier molecular flexibility index (Phi) is 5.47. The van der Waals surface area contributed by atoms with Gasteiger partial charge in [-0.2, -0.15) is 0 Å². The van der Waals surface area contributed by atoms with Crippen LogP contribution in [0.25, 0.3) is 0 Å². The normalized spacial score (nSPS) is 19.8. The molecule has 0 fully saturated rings. The Bertz CT molecular complexity index is 699. The van der Waals surface area contributed by atoms with Gasteiger partial charge in [0.25, 0.3) is 11.4 Å². The molecule has 0 bridgehead atoms. The van der Waals surface area contributed by atoms with Crippen LogP contribution in [0, 0.1) is 20.2 Å². The number of anilines is 1. The molecule has 0 radical (unpaired) electrons. The molecule has 0 saturated heterocycles. The Labute approximate surface area is 139 Å². The first kappa shape index (κ1) is 17.4. The molecule has 1 aliphatic rings. The number of benzene rings is 1. The van der Waals surface area contributed by atoms with E-state index < -0.39 is 9.85 Å². The van der Waals surface area contributed by atoms with Crippen LogP contribution in [0.4, 0.5) is 17.1 Å². The molecule has 0 N–H and O–H groups in total. The van der Waals surface area contributed by atoms with Crippen LogP contribution in [0.1, 0.15) is 19.3 Å². The van der Waals surface area contributed by atoms with Crippen molar-refractivity contribution in [2.24, 2.45) is 0 Å². The quantitative estimate of drug-likeness (QED) is 0.425. The van der Waals surface area contributed by atoms with Gasteiger partial charge in [-0.1, -0.05) is 24.3 Å². The Morgan fingerprint density at radius 2 is 1.88 bits per heavy atom. The molecule has 0 aliphatic carbocycles. The zero-order chi connectivity index (χ0) is 17.7. The van der Waals surface area contributed by atoms with E-state index in [1.54, 1.807) is 12.2 Å². The predicted molar refractivity (Wildman–Crippen MR) is 93.2 cm³/mol. The topological polar surface area (TPSA) is 89.5 Å². The van der Waals surface area contributed by atoms with Crippen molar-refractivity contribution >= 4 is 17.1 Å². The standard InChI is InChI=1S/C17H19N3O4/c1-3-6-13-8-5-9-14(7-4-2)18(13)16-11-10-15(19(21)22)12-17(16)20(23)24/h3-5,8,10-14H,1-2,6-7,9H2. The molecule has 1 aliphatic heterocycles. The summed E-state index contributed by atoms with van der Waals surface area (Å²) in [6.07, 6.45) is 9.59. The van der Waals surface area contributed by atoms with Crippen molar-refractivity contribution in [1.82, 2.24) is 0 Å². The molecule has 0 amide bonds. The fourth-order valence-electron chi connectivity index (χ4n) is 3.00. The molecule has 1 aromatic rings. The first-order valence-electron chi connectivity index (χ1n) is 7.59. The zero-order valence-electron chi connectivity index (χ0n) is 13.2. The molecule has 0 spiro atoms. The van der Waals surface area contributed by atoms with Gasteiger partial charge in [-0.25, -0.2) is 0 Å². The van der Waals surface area contributed by atoms with E-state index in [0.717, 1.165) is 12.5 Å². The highest BCUT2D eigenvalue weighted by Crippen LogP contribution is 2.37. The number of hydrogen-bond acceptors (Lipinski definition) is 5. The Balaban J connectivity index is 2.56. The summed E-state index contributed by atoms with van der Waals surface area (Å²) in [5.74, 6) is 0. The smallest absolute Gasteiger partial charge is 0.299 e. The lowest BCUT2D eigenvalue weighted by atomic mass is 9.96. The molecule has 2 atom stereocenters. The first-order chi connectivity index (χ1) is 11.5. The van der Waals surface area contributed by atoms with E-state index in [1.807, 2.05) is 11.0 Å². The maximum Gasteiger partial charge on any atom is 0.299 e. The van der Waals surface area contributed by atoms with Crippen LogP contribution in [-0.4, -0.2) is 21.9 Å². The Morgan fingerprint density at radius 1 is 1.17 bits per heavy atom. The molecule has 126 valence electrons. The van der Waals surface area contributed by atoms with Gasteiger partial charge in [0.15, 0.2) is 0 Å². The van der Waals surface area contributed by atoms with Crippen molar-refractivity contribution in [1.29, 1.82) is 0 Å². The first-order valence-corrected chi connectivity index (χ1v) is 7.59. The Morgan fingerprint density at radius 3 is 2.46 bits per heavy atom. The second-order valence-corrected chi connectivity index (χ2v) is 5.53. The molecule has 1 heterocycles. The van der Waals surface area contributed by atoms with Gasteiger partial charge < -0.3 is 4.90 Å². The molecule has 2 rings (SSSR count). The SMILES string of the molecule is C=CCC1C=CCC(CC=C)N1c1ccc([N+](=O)[O-])cc1[N+](=O)[O-]. The third kappa shape index (κ3) is 3.51. The van der Waals surface area contributed by atoms with E-state index in [9.17, 15) is 20.2 Å². The van der Waals surface area contributed by atoms with Crippen molar-refractivity contribution in [3.8, 4) is 0 Å². The van der Waals surface area contributed by atoms with Crippen LogP contribution in [0.2, 0.25) is 0 Å². The van der Waals surface area contributed by atoms with Crippen LogP contribution in [0.5, 0.6) is 0 Å². The summed E-state index contributed by atoms with van der Waals surface area (Å²) >= 11 is 0. The molecule has 24 heavy (non-hydrogen) atoms. The predicted octanol–water partition coefficient (Wildman–Crippen LogP) is 4.16. The van der Waals surface area contributed by atoms with Gasteiger partial charge in [-0.05, 0) is 25.3 Å². The summed E-state index contributed by atoms with van der Waals surface area (Å²) < 4.78 is 0. The van der Waals surface area contributed by atoms with Crippen molar-refractivity contribution in [3.05, 3.63) is 75.9 Å². The number of rotatable bonds is 7. The van der Waals surface area contributed by atoms with Gasteiger partial charge >= 0.3 is 0 Å². The summed E-state index contributed by atoms with van der Waals surface area (Å²) in [6, 6.07) is 3.71. The van der Waals surface area contributed by atoms with Gasteiger partial charge in [-0.15, -0.1) is 13.2 Å². The van der Waals surface area contributed by atoms with Crippen molar-refractivity contribution in [2.45, 2.75) is 31.3 Å².